The van der Waals surface area contributed by atoms with Crippen molar-refractivity contribution in [2.75, 3.05) is 18.9 Å². The highest BCUT2D eigenvalue weighted by Crippen LogP contribution is 2.20. The number of aliphatic carboxylic acids is 1. The lowest BCUT2D eigenvalue weighted by Gasteiger charge is -2.18. The topological polar surface area (TPSA) is 95.4 Å². The summed E-state index contributed by atoms with van der Waals surface area (Å²) in [6.07, 6.45) is 0. The third-order valence-electron chi connectivity index (χ3n) is 2.99. The van der Waals surface area contributed by atoms with Gasteiger partial charge in [-0.2, -0.15) is 9.36 Å². The van der Waals surface area contributed by atoms with Gasteiger partial charge in [0.2, 0.25) is 5.13 Å². The SMILES string of the molecule is CC(CN(C)C(=O)Nc1nc(-c2ccccc2)ns1)C(=O)O. The van der Waals surface area contributed by atoms with Crippen LogP contribution in [-0.2, 0) is 4.79 Å². The van der Waals surface area contributed by atoms with Crippen molar-refractivity contribution in [2.45, 2.75) is 6.92 Å². The number of hydrogen-bond acceptors (Lipinski definition) is 5. The highest BCUT2D eigenvalue weighted by Gasteiger charge is 2.18. The van der Waals surface area contributed by atoms with Crippen molar-refractivity contribution in [1.29, 1.82) is 0 Å². The molecule has 22 heavy (non-hydrogen) atoms. The van der Waals surface area contributed by atoms with E-state index in [0.29, 0.717) is 11.0 Å². The maximum absolute atomic E-state index is 12.0. The second-order valence-corrected chi connectivity index (χ2v) is 5.59. The molecule has 0 aliphatic heterocycles. The highest BCUT2D eigenvalue weighted by molar-refractivity contribution is 7.10. The van der Waals surface area contributed by atoms with Crippen LogP contribution in [0, 0.1) is 5.92 Å². The lowest BCUT2D eigenvalue weighted by molar-refractivity contribution is -0.141. The zero-order chi connectivity index (χ0) is 16.1. The summed E-state index contributed by atoms with van der Waals surface area (Å²) in [6.45, 7) is 1.66. The maximum Gasteiger partial charge on any atom is 0.323 e. The summed E-state index contributed by atoms with van der Waals surface area (Å²) < 4.78 is 4.19. The van der Waals surface area contributed by atoms with Crippen LogP contribution < -0.4 is 5.32 Å². The lowest BCUT2D eigenvalue weighted by Crippen LogP contribution is -2.36. The third-order valence-corrected chi connectivity index (χ3v) is 3.62. The summed E-state index contributed by atoms with van der Waals surface area (Å²) in [5.74, 6) is -1.03. The molecule has 0 saturated heterocycles. The van der Waals surface area contributed by atoms with Gasteiger partial charge in [-0.15, -0.1) is 0 Å². The zero-order valence-corrected chi connectivity index (χ0v) is 13.0. The molecule has 116 valence electrons. The number of benzene rings is 1. The van der Waals surface area contributed by atoms with Gasteiger partial charge in [0.25, 0.3) is 0 Å². The van der Waals surface area contributed by atoms with E-state index in [1.165, 1.54) is 11.9 Å². The Balaban J connectivity index is 1.98. The number of carboxylic acid groups (broad SMARTS) is 1. The fourth-order valence-electron chi connectivity index (χ4n) is 1.74. The predicted molar refractivity (Wildman–Crippen MR) is 83.8 cm³/mol. The molecule has 2 rings (SSSR count). The number of carboxylic acids is 1. The Morgan fingerprint density at radius 3 is 2.68 bits per heavy atom. The van der Waals surface area contributed by atoms with Crippen molar-refractivity contribution >= 4 is 28.7 Å². The smallest absolute Gasteiger partial charge is 0.323 e. The number of hydrogen-bond donors (Lipinski definition) is 2. The Bertz CT molecular complexity index is 659. The molecular weight excluding hydrogens is 304 g/mol. The zero-order valence-electron chi connectivity index (χ0n) is 12.2. The van der Waals surface area contributed by atoms with Gasteiger partial charge in [-0.3, -0.25) is 10.1 Å². The molecule has 2 N–H and O–H groups in total. The van der Waals surface area contributed by atoms with Crippen molar-refractivity contribution < 1.29 is 14.7 Å². The molecule has 1 aromatic carbocycles. The standard InChI is InChI=1S/C14H16N4O3S/c1-9(12(19)20)8-18(2)14(21)16-13-15-11(17-22-13)10-6-4-3-5-7-10/h3-7,9H,8H2,1-2H3,(H,19,20)(H,15,16,17,21). The first-order valence-corrected chi connectivity index (χ1v) is 7.38. The van der Waals surface area contributed by atoms with E-state index >= 15 is 0 Å². The van der Waals surface area contributed by atoms with Crippen molar-refractivity contribution in [3.8, 4) is 11.4 Å². The number of carbonyl (C=O) groups excluding carboxylic acids is 1. The first kappa shape index (κ1) is 15.9. The molecule has 7 nitrogen and oxygen atoms in total. The minimum absolute atomic E-state index is 0.117. The molecule has 2 aromatic rings. The number of nitrogens with one attached hydrogen (secondary N) is 1. The van der Waals surface area contributed by atoms with Crippen LogP contribution in [0.25, 0.3) is 11.4 Å². The molecule has 0 spiro atoms. The number of aromatic nitrogens is 2. The fourth-order valence-corrected chi connectivity index (χ4v) is 2.32. The van der Waals surface area contributed by atoms with E-state index in [1.54, 1.807) is 6.92 Å². The van der Waals surface area contributed by atoms with Crippen LogP contribution >= 0.6 is 11.5 Å². The number of carbonyl (C=O) groups is 2. The van der Waals surface area contributed by atoms with E-state index in [2.05, 4.69) is 14.7 Å². The molecule has 1 unspecified atom stereocenters. The first-order chi connectivity index (χ1) is 10.5. The number of amides is 2. The molecule has 0 bridgehead atoms. The molecule has 0 aliphatic rings. The normalized spacial score (nSPS) is 11.7. The van der Waals surface area contributed by atoms with Gasteiger partial charge in [-0.05, 0) is 0 Å². The Hall–Kier alpha value is -2.48. The molecule has 1 heterocycles. The average molecular weight is 320 g/mol. The van der Waals surface area contributed by atoms with E-state index in [9.17, 15) is 9.59 Å². The molecule has 0 radical (unpaired) electrons. The fraction of sp³-hybridized carbons (Fsp3) is 0.286. The van der Waals surface area contributed by atoms with Gasteiger partial charge in [-0.1, -0.05) is 37.3 Å². The molecule has 1 atom stereocenters. The Morgan fingerprint density at radius 1 is 1.36 bits per heavy atom. The molecule has 0 saturated carbocycles. The van der Waals surface area contributed by atoms with Crippen molar-refractivity contribution in [1.82, 2.24) is 14.3 Å². The summed E-state index contributed by atoms with van der Waals surface area (Å²) in [5, 5.41) is 11.8. The van der Waals surface area contributed by atoms with E-state index < -0.39 is 17.9 Å². The quantitative estimate of drug-likeness (QED) is 0.882. The average Bonchev–Trinajstić information content (AvgIpc) is 2.96. The third kappa shape index (κ3) is 4.01. The van der Waals surface area contributed by atoms with Crippen molar-refractivity contribution in [2.24, 2.45) is 5.92 Å². The Kier molecular flexibility index (Phi) is 5.05. The van der Waals surface area contributed by atoms with E-state index in [0.717, 1.165) is 17.1 Å². The van der Waals surface area contributed by atoms with Crippen LogP contribution in [0.15, 0.2) is 30.3 Å². The van der Waals surface area contributed by atoms with Gasteiger partial charge in [0.1, 0.15) is 0 Å². The largest absolute Gasteiger partial charge is 0.481 e. The number of rotatable bonds is 5. The van der Waals surface area contributed by atoms with Gasteiger partial charge in [0, 0.05) is 30.7 Å². The maximum atomic E-state index is 12.0. The van der Waals surface area contributed by atoms with Crippen molar-refractivity contribution in [3.05, 3.63) is 30.3 Å². The minimum Gasteiger partial charge on any atom is -0.481 e. The highest BCUT2D eigenvalue weighted by atomic mass is 32.1. The molecule has 0 aliphatic carbocycles. The number of urea groups is 1. The molecule has 2 amide bonds. The van der Waals surface area contributed by atoms with Crippen LogP contribution in [0.1, 0.15) is 6.92 Å². The first-order valence-electron chi connectivity index (χ1n) is 6.61. The van der Waals surface area contributed by atoms with Gasteiger partial charge >= 0.3 is 12.0 Å². The number of nitrogens with zero attached hydrogens (tertiary/aromatic N) is 3. The van der Waals surface area contributed by atoms with E-state index in [1.807, 2.05) is 30.3 Å². The molecular formula is C14H16N4O3S. The van der Waals surface area contributed by atoms with Crippen LogP contribution in [0.5, 0.6) is 0 Å². The Labute approximate surface area is 131 Å². The summed E-state index contributed by atoms with van der Waals surface area (Å²) in [4.78, 5) is 28.3. The van der Waals surface area contributed by atoms with Crippen molar-refractivity contribution in [3.63, 3.8) is 0 Å². The van der Waals surface area contributed by atoms with Gasteiger partial charge < -0.3 is 10.0 Å². The summed E-state index contributed by atoms with van der Waals surface area (Å²) >= 11 is 1.08. The summed E-state index contributed by atoms with van der Waals surface area (Å²) in [5.41, 5.74) is 0.868. The second-order valence-electron chi connectivity index (χ2n) is 4.84. The Morgan fingerprint density at radius 2 is 2.05 bits per heavy atom. The number of anilines is 1. The second kappa shape index (κ2) is 6.99. The molecule has 1 aromatic heterocycles. The van der Waals surface area contributed by atoms with Crippen LogP contribution in [0.3, 0.4) is 0 Å². The summed E-state index contributed by atoms with van der Waals surface area (Å²) in [6, 6.07) is 9.02. The van der Waals surface area contributed by atoms with E-state index in [-0.39, 0.29) is 6.54 Å². The van der Waals surface area contributed by atoms with Gasteiger partial charge in [0.05, 0.1) is 5.92 Å². The molecule has 0 fully saturated rings. The monoisotopic (exact) mass is 320 g/mol. The van der Waals surface area contributed by atoms with Gasteiger partial charge in [-0.25, -0.2) is 4.79 Å². The molecule has 8 heteroatoms. The van der Waals surface area contributed by atoms with Crippen LogP contribution in [-0.4, -0.2) is 45.0 Å². The van der Waals surface area contributed by atoms with Crippen LogP contribution in [0.2, 0.25) is 0 Å². The lowest BCUT2D eigenvalue weighted by atomic mass is 10.2. The summed E-state index contributed by atoms with van der Waals surface area (Å²) in [7, 11) is 1.54. The van der Waals surface area contributed by atoms with E-state index in [4.69, 9.17) is 5.11 Å². The predicted octanol–water partition coefficient (Wildman–Crippen LogP) is 2.39. The van der Waals surface area contributed by atoms with Crippen LogP contribution in [0.4, 0.5) is 9.93 Å². The van der Waals surface area contributed by atoms with Gasteiger partial charge in [0.15, 0.2) is 5.82 Å². The minimum atomic E-state index is -0.943.